The zero-order valence-electron chi connectivity index (χ0n) is 15.4. The van der Waals surface area contributed by atoms with E-state index in [0.717, 1.165) is 35.9 Å². The standard InChI is InChI=1S/C20H22N4OS2/c1-13-5-7-15(8-6-13)21-19(25)14(2)27-20-23-22-18(24(20)16-9-10-16)12-17-4-3-11-26-17/h3-8,11,14,16H,9-10,12H2,1-2H3,(H,21,25). The summed E-state index contributed by atoms with van der Waals surface area (Å²) in [6.07, 6.45) is 3.12. The molecule has 2 heterocycles. The maximum Gasteiger partial charge on any atom is 0.237 e. The number of hydrogen-bond acceptors (Lipinski definition) is 5. The lowest BCUT2D eigenvalue weighted by atomic mass is 10.2. The first-order valence-electron chi connectivity index (χ1n) is 9.10. The third-order valence-electron chi connectivity index (χ3n) is 4.53. The highest BCUT2D eigenvalue weighted by Crippen LogP contribution is 2.40. The van der Waals surface area contributed by atoms with Crippen LogP contribution in [0.5, 0.6) is 0 Å². The Morgan fingerprint density at radius 3 is 2.74 bits per heavy atom. The van der Waals surface area contributed by atoms with Gasteiger partial charge in [-0.1, -0.05) is 35.5 Å². The van der Waals surface area contributed by atoms with Gasteiger partial charge in [0.25, 0.3) is 0 Å². The van der Waals surface area contributed by atoms with Gasteiger partial charge in [0.05, 0.1) is 5.25 Å². The highest BCUT2D eigenvalue weighted by Gasteiger charge is 2.31. The smallest absolute Gasteiger partial charge is 0.237 e. The number of thiophene rings is 1. The van der Waals surface area contributed by atoms with E-state index in [4.69, 9.17) is 0 Å². The van der Waals surface area contributed by atoms with Crippen LogP contribution >= 0.6 is 23.1 Å². The first-order chi connectivity index (χ1) is 13.1. The van der Waals surface area contributed by atoms with Crippen molar-refractivity contribution in [3.8, 4) is 0 Å². The minimum atomic E-state index is -0.248. The number of anilines is 1. The molecule has 0 spiro atoms. The summed E-state index contributed by atoms with van der Waals surface area (Å²) < 4.78 is 2.24. The molecule has 140 valence electrons. The second kappa shape index (κ2) is 7.86. The predicted molar refractivity (Wildman–Crippen MR) is 111 cm³/mol. The van der Waals surface area contributed by atoms with Gasteiger partial charge in [0.15, 0.2) is 5.16 Å². The molecule has 1 N–H and O–H groups in total. The Hall–Kier alpha value is -2.12. The van der Waals surface area contributed by atoms with Crippen LogP contribution in [-0.4, -0.2) is 25.9 Å². The zero-order chi connectivity index (χ0) is 18.8. The first kappa shape index (κ1) is 18.3. The molecule has 0 aliphatic heterocycles. The number of carbonyl (C=O) groups is 1. The number of rotatable bonds is 7. The maximum absolute atomic E-state index is 12.6. The van der Waals surface area contributed by atoms with Crippen molar-refractivity contribution in [3.63, 3.8) is 0 Å². The van der Waals surface area contributed by atoms with Crippen molar-refractivity contribution >= 4 is 34.7 Å². The normalized spacial score (nSPS) is 14.9. The summed E-state index contributed by atoms with van der Waals surface area (Å²) in [6, 6.07) is 12.5. The van der Waals surface area contributed by atoms with E-state index >= 15 is 0 Å². The summed E-state index contributed by atoms with van der Waals surface area (Å²) >= 11 is 3.22. The molecule has 1 aromatic carbocycles. The van der Waals surface area contributed by atoms with Gasteiger partial charge in [-0.3, -0.25) is 4.79 Å². The number of aryl methyl sites for hydroxylation is 1. The quantitative estimate of drug-likeness (QED) is 0.587. The highest BCUT2D eigenvalue weighted by molar-refractivity contribution is 8.00. The molecule has 1 amide bonds. The van der Waals surface area contributed by atoms with Gasteiger partial charge in [0.1, 0.15) is 5.82 Å². The van der Waals surface area contributed by atoms with Gasteiger partial charge in [-0.15, -0.1) is 21.5 Å². The van der Waals surface area contributed by atoms with Crippen LogP contribution in [-0.2, 0) is 11.2 Å². The van der Waals surface area contributed by atoms with Crippen LogP contribution in [0.15, 0.2) is 46.9 Å². The van der Waals surface area contributed by atoms with Crippen LogP contribution in [0.25, 0.3) is 0 Å². The van der Waals surface area contributed by atoms with Crippen LogP contribution in [0, 0.1) is 6.92 Å². The molecule has 0 saturated heterocycles. The van der Waals surface area contributed by atoms with Gasteiger partial charge in [-0.2, -0.15) is 0 Å². The summed E-state index contributed by atoms with van der Waals surface area (Å²) in [4.78, 5) is 13.9. The number of aromatic nitrogens is 3. The van der Waals surface area contributed by atoms with Crippen LogP contribution in [0.2, 0.25) is 0 Å². The van der Waals surface area contributed by atoms with Crippen molar-refractivity contribution in [1.29, 1.82) is 0 Å². The molecule has 0 radical (unpaired) electrons. The molecule has 4 rings (SSSR count). The number of thioether (sulfide) groups is 1. The topological polar surface area (TPSA) is 59.8 Å². The third kappa shape index (κ3) is 4.42. The summed E-state index contributed by atoms with van der Waals surface area (Å²) in [7, 11) is 0. The lowest BCUT2D eigenvalue weighted by Gasteiger charge is -2.13. The average molecular weight is 399 g/mol. The van der Waals surface area contributed by atoms with Gasteiger partial charge < -0.3 is 9.88 Å². The number of nitrogens with zero attached hydrogens (tertiary/aromatic N) is 3. The lowest BCUT2D eigenvalue weighted by Crippen LogP contribution is -2.23. The molecule has 0 bridgehead atoms. The van der Waals surface area contributed by atoms with Crippen molar-refractivity contribution in [2.75, 3.05) is 5.32 Å². The van der Waals surface area contributed by atoms with Gasteiger partial charge in [0.2, 0.25) is 5.91 Å². The van der Waals surface area contributed by atoms with Crippen molar-refractivity contribution in [2.24, 2.45) is 0 Å². The molecule has 1 fully saturated rings. The van der Waals surface area contributed by atoms with E-state index in [1.54, 1.807) is 11.3 Å². The summed E-state index contributed by atoms with van der Waals surface area (Å²) in [6.45, 7) is 3.95. The fourth-order valence-electron chi connectivity index (χ4n) is 2.87. The minimum Gasteiger partial charge on any atom is -0.325 e. The van der Waals surface area contributed by atoms with E-state index in [1.165, 1.54) is 22.2 Å². The van der Waals surface area contributed by atoms with Crippen LogP contribution in [0.3, 0.4) is 0 Å². The predicted octanol–water partition coefficient (Wildman–Crippen LogP) is 4.69. The monoisotopic (exact) mass is 398 g/mol. The summed E-state index contributed by atoms with van der Waals surface area (Å²) in [5.74, 6) is 0.975. The van der Waals surface area contributed by atoms with Crippen LogP contribution in [0.4, 0.5) is 5.69 Å². The van der Waals surface area contributed by atoms with E-state index in [1.807, 2.05) is 38.1 Å². The van der Waals surface area contributed by atoms with E-state index in [9.17, 15) is 4.79 Å². The summed E-state index contributed by atoms with van der Waals surface area (Å²) in [5, 5.41) is 14.5. The molecule has 3 aromatic rings. The maximum atomic E-state index is 12.6. The van der Waals surface area contributed by atoms with E-state index < -0.39 is 0 Å². The number of amides is 1. The van der Waals surface area contributed by atoms with Crippen molar-refractivity contribution in [2.45, 2.75) is 49.6 Å². The average Bonchev–Trinajstić information content (AvgIpc) is 3.21. The van der Waals surface area contributed by atoms with E-state index in [0.29, 0.717) is 6.04 Å². The Labute approximate surface area is 167 Å². The Bertz CT molecular complexity index is 914. The molecule has 7 heteroatoms. The molecular weight excluding hydrogens is 376 g/mol. The summed E-state index contributed by atoms with van der Waals surface area (Å²) in [5.41, 5.74) is 1.99. The molecular formula is C20H22N4OS2. The fourth-order valence-corrected chi connectivity index (χ4v) is 4.51. The SMILES string of the molecule is Cc1ccc(NC(=O)C(C)Sc2nnc(Cc3cccs3)n2C2CC2)cc1. The van der Waals surface area contributed by atoms with Crippen molar-refractivity contribution < 1.29 is 4.79 Å². The second-order valence-corrected chi connectivity index (χ2v) is 9.21. The lowest BCUT2D eigenvalue weighted by molar-refractivity contribution is -0.115. The number of benzene rings is 1. The van der Waals surface area contributed by atoms with Gasteiger partial charge >= 0.3 is 0 Å². The van der Waals surface area contributed by atoms with E-state index in [2.05, 4.69) is 37.6 Å². The molecule has 1 saturated carbocycles. The highest BCUT2D eigenvalue weighted by atomic mass is 32.2. The Kier molecular flexibility index (Phi) is 5.31. The molecule has 1 aliphatic carbocycles. The van der Waals surface area contributed by atoms with Gasteiger partial charge in [-0.25, -0.2) is 0 Å². The Morgan fingerprint density at radius 2 is 2.07 bits per heavy atom. The van der Waals surface area contributed by atoms with Crippen LogP contribution < -0.4 is 5.32 Å². The molecule has 5 nitrogen and oxygen atoms in total. The molecule has 1 unspecified atom stereocenters. The van der Waals surface area contributed by atoms with Crippen molar-refractivity contribution in [3.05, 3.63) is 58.0 Å². The minimum absolute atomic E-state index is 0.0194. The fraction of sp³-hybridized carbons (Fsp3) is 0.350. The van der Waals surface area contributed by atoms with E-state index in [-0.39, 0.29) is 11.2 Å². The van der Waals surface area contributed by atoms with Crippen LogP contribution in [0.1, 0.15) is 42.1 Å². The van der Waals surface area contributed by atoms with Crippen molar-refractivity contribution in [1.82, 2.24) is 14.8 Å². The molecule has 27 heavy (non-hydrogen) atoms. The number of nitrogens with one attached hydrogen (secondary N) is 1. The largest absolute Gasteiger partial charge is 0.325 e. The first-order valence-corrected chi connectivity index (χ1v) is 10.9. The third-order valence-corrected chi connectivity index (χ3v) is 6.46. The number of hydrogen-bond donors (Lipinski definition) is 1. The molecule has 2 aromatic heterocycles. The van der Waals surface area contributed by atoms with Gasteiger partial charge in [-0.05, 0) is 50.3 Å². The second-order valence-electron chi connectivity index (χ2n) is 6.87. The zero-order valence-corrected chi connectivity index (χ0v) is 17.0. The number of carbonyl (C=O) groups excluding carboxylic acids is 1. The molecule has 1 atom stereocenters. The Morgan fingerprint density at radius 1 is 1.30 bits per heavy atom. The molecule has 1 aliphatic rings. The Balaban J connectivity index is 1.46. The van der Waals surface area contributed by atoms with Gasteiger partial charge in [0, 0.05) is 23.0 Å².